The number of aliphatic hydroxyl groups excluding tert-OH is 1. The van der Waals surface area contributed by atoms with Crippen LogP contribution in [-0.2, 0) is 21.4 Å². The van der Waals surface area contributed by atoms with E-state index in [2.05, 4.69) is 0 Å². The second kappa shape index (κ2) is 8.10. The number of nitrogens with zero attached hydrogens (tertiary/aromatic N) is 1. The third-order valence-corrected chi connectivity index (χ3v) is 5.26. The average Bonchev–Trinajstić information content (AvgIpc) is 2.43. The van der Waals surface area contributed by atoms with Gasteiger partial charge in [-0.15, -0.1) is 0 Å². The van der Waals surface area contributed by atoms with E-state index in [1.807, 2.05) is 13.8 Å². The molecule has 0 aromatic heterocycles. The molecule has 7 heteroatoms. The van der Waals surface area contributed by atoms with Gasteiger partial charge in [-0.3, -0.25) is 0 Å². The maximum Gasteiger partial charge on any atom is 0.244 e. The molecule has 1 aromatic rings. The molecule has 0 saturated heterocycles. The van der Waals surface area contributed by atoms with Gasteiger partial charge in [0.25, 0.3) is 0 Å². The molecule has 0 unspecified atom stereocenters. The molecular formula is C14H22ClNO4S. The number of halogens is 1. The van der Waals surface area contributed by atoms with E-state index >= 15 is 0 Å². The largest absolute Gasteiger partial charge is 0.392 e. The van der Waals surface area contributed by atoms with Crippen molar-refractivity contribution >= 4 is 21.6 Å². The lowest BCUT2D eigenvalue weighted by molar-refractivity contribution is 0.175. The molecule has 1 N–H and O–H groups in total. The number of methoxy groups -OCH3 is 1. The van der Waals surface area contributed by atoms with E-state index in [0.29, 0.717) is 18.7 Å². The first-order valence-electron chi connectivity index (χ1n) is 6.71. The van der Waals surface area contributed by atoms with Gasteiger partial charge in [0.1, 0.15) is 4.90 Å². The van der Waals surface area contributed by atoms with Crippen molar-refractivity contribution in [2.45, 2.75) is 25.3 Å². The number of hydrogen-bond donors (Lipinski definition) is 1. The Kier molecular flexibility index (Phi) is 7.09. The maximum atomic E-state index is 12.8. The Hall–Kier alpha value is -0.660. The highest BCUT2D eigenvalue weighted by atomic mass is 35.5. The third-order valence-electron chi connectivity index (χ3n) is 2.91. The van der Waals surface area contributed by atoms with E-state index in [4.69, 9.17) is 16.3 Å². The molecule has 0 radical (unpaired) electrons. The molecule has 0 atom stereocenters. The molecule has 120 valence electrons. The van der Waals surface area contributed by atoms with E-state index in [0.717, 1.165) is 0 Å². The van der Waals surface area contributed by atoms with Crippen LogP contribution < -0.4 is 0 Å². The van der Waals surface area contributed by atoms with Crippen LogP contribution in [0.3, 0.4) is 0 Å². The maximum absolute atomic E-state index is 12.8. The summed E-state index contributed by atoms with van der Waals surface area (Å²) in [6.45, 7) is 4.61. The number of hydrogen-bond acceptors (Lipinski definition) is 4. The van der Waals surface area contributed by atoms with Crippen molar-refractivity contribution in [3.8, 4) is 0 Å². The van der Waals surface area contributed by atoms with Crippen LogP contribution >= 0.6 is 11.6 Å². The second-order valence-electron chi connectivity index (χ2n) is 5.17. The zero-order valence-electron chi connectivity index (χ0n) is 12.5. The van der Waals surface area contributed by atoms with Crippen molar-refractivity contribution < 1.29 is 18.3 Å². The summed E-state index contributed by atoms with van der Waals surface area (Å²) >= 11 is 6.03. The fourth-order valence-electron chi connectivity index (χ4n) is 1.89. The van der Waals surface area contributed by atoms with Crippen LogP contribution in [0.15, 0.2) is 23.1 Å². The fraction of sp³-hybridized carbons (Fsp3) is 0.571. The molecule has 21 heavy (non-hydrogen) atoms. The van der Waals surface area contributed by atoms with Crippen molar-refractivity contribution in [3.05, 3.63) is 28.8 Å². The predicted octanol–water partition coefficient (Wildman–Crippen LogP) is 2.13. The monoisotopic (exact) mass is 335 g/mol. The summed E-state index contributed by atoms with van der Waals surface area (Å²) in [5.41, 5.74) is 0.509. The lowest BCUT2D eigenvalue weighted by Gasteiger charge is -2.24. The van der Waals surface area contributed by atoms with Gasteiger partial charge in [0.15, 0.2) is 0 Å². The van der Waals surface area contributed by atoms with Crippen LogP contribution in [0.1, 0.15) is 19.4 Å². The van der Waals surface area contributed by atoms with E-state index in [9.17, 15) is 13.5 Å². The highest BCUT2D eigenvalue weighted by Crippen LogP contribution is 2.26. The van der Waals surface area contributed by atoms with Crippen molar-refractivity contribution in [1.29, 1.82) is 0 Å². The molecule has 0 aliphatic heterocycles. The molecule has 0 aliphatic rings. The molecule has 0 saturated carbocycles. The summed E-state index contributed by atoms with van der Waals surface area (Å²) in [4.78, 5) is 0.0208. The topological polar surface area (TPSA) is 66.8 Å². The number of ether oxygens (including phenoxy) is 1. The Balaban J connectivity index is 3.20. The van der Waals surface area contributed by atoms with Crippen molar-refractivity contribution in [1.82, 2.24) is 4.31 Å². The summed E-state index contributed by atoms with van der Waals surface area (Å²) in [6, 6.07) is 4.50. The summed E-state index contributed by atoms with van der Waals surface area (Å²) in [6.07, 6.45) is 0. The first-order chi connectivity index (χ1) is 9.82. The van der Waals surface area contributed by atoms with Gasteiger partial charge >= 0.3 is 0 Å². The minimum Gasteiger partial charge on any atom is -0.392 e. The molecule has 1 aromatic carbocycles. The molecule has 5 nitrogen and oxygen atoms in total. The summed E-state index contributed by atoms with van der Waals surface area (Å²) in [5.74, 6) is 0.177. The van der Waals surface area contributed by atoms with Crippen LogP contribution in [0, 0.1) is 5.92 Å². The van der Waals surface area contributed by atoms with Crippen molar-refractivity contribution in [2.75, 3.05) is 26.8 Å². The molecule has 0 fully saturated rings. The Morgan fingerprint density at radius 2 is 2.05 bits per heavy atom. The Bertz CT molecular complexity index is 560. The third kappa shape index (κ3) is 4.93. The minimum absolute atomic E-state index is 0.0208. The summed E-state index contributed by atoms with van der Waals surface area (Å²) in [5, 5.41) is 9.32. The summed E-state index contributed by atoms with van der Waals surface area (Å²) in [7, 11) is -2.19. The quantitative estimate of drug-likeness (QED) is 0.790. The molecule has 0 amide bonds. The van der Waals surface area contributed by atoms with Crippen molar-refractivity contribution in [3.63, 3.8) is 0 Å². The molecule has 0 spiro atoms. The lowest BCUT2D eigenvalue weighted by atomic mass is 10.2. The van der Waals surface area contributed by atoms with E-state index in [1.165, 1.54) is 23.5 Å². The molecule has 0 bridgehead atoms. The molecular weight excluding hydrogens is 314 g/mol. The average molecular weight is 336 g/mol. The van der Waals surface area contributed by atoms with Gasteiger partial charge in [0.2, 0.25) is 10.0 Å². The normalized spacial score (nSPS) is 12.3. The first-order valence-corrected chi connectivity index (χ1v) is 8.53. The number of sulfonamides is 1. The first kappa shape index (κ1) is 18.4. The van der Waals surface area contributed by atoms with E-state index in [-0.39, 0.29) is 29.0 Å². The molecule has 0 heterocycles. The highest BCUT2D eigenvalue weighted by molar-refractivity contribution is 7.89. The van der Waals surface area contributed by atoms with Crippen LogP contribution in [0.4, 0.5) is 0 Å². The Labute approximate surface area is 131 Å². The number of benzene rings is 1. The van der Waals surface area contributed by atoms with Crippen LogP contribution in [0.25, 0.3) is 0 Å². The molecule has 1 rings (SSSR count). The van der Waals surface area contributed by atoms with Crippen LogP contribution in [-0.4, -0.2) is 44.6 Å². The van der Waals surface area contributed by atoms with E-state index in [1.54, 1.807) is 6.07 Å². The zero-order chi connectivity index (χ0) is 16.0. The highest BCUT2D eigenvalue weighted by Gasteiger charge is 2.27. The summed E-state index contributed by atoms with van der Waals surface area (Å²) < 4.78 is 31.9. The second-order valence-corrected chi connectivity index (χ2v) is 7.49. The lowest BCUT2D eigenvalue weighted by Crippen LogP contribution is -2.36. The SMILES string of the molecule is COCCN(CC(C)C)S(=O)(=O)c1cc(CO)ccc1Cl. The zero-order valence-corrected chi connectivity index (χ0v) is 14.1. The van der Waals surface area contributed by atoms with Crippen molar-refractivity contribution in [2.24, 2.45) is 5.92 Å². The molecule has 0 aliphatic carbocycles. The van der Waals surface area contributed by atoms with E-state index < -0.39 is 10.0 Å². The fourth-order valence-corrected chi connectivity index (χ4v) is 4.01. The minimum atomic E-state index is -3.72. The number of rotatable bonds is 8. The van der Waals surface area contributed by atoms with Crippen LogP contribution in [0.2, 0.25) is 5.02 Å². The van der Waals surface area contributed by atoms with Gasteiger partial charge in [-0.1, -0.05) is 31.5 Å². The van der Waals surface area contributed by atoms with Gasteiger partial charge in [0, 0.05) is 20.2 Å². The predicted molar refractivity (Wildman–Crippen MR) is 82.8 cm³/mol. The van der Waals surface area contributed by atoms with Gasteiger partial charge < -0.3 is 9.84 Å². The smallest absolute Gasteiger partial charge is 0.244 e. The van der Waals surface area contributed by atoms with Gasteiger partial charge in [-0.25, -0.2) is 8.42 Å². The Morgan fingerprint density at radius 3 is 2.57 bits per heavy atom. The van der Waals surface area contributed by atoms with Crippen LogP contribution in [0.5, 0.6) is 0 Å². The standard InChI is InChI=1S/C14H22ClNO4S/c1-11(2)9-16(6-7-20-3)21(18,19)14-8-12(10-17)4-5-13(14)15/h4-5,8,11,17H,6-7,9-10H2,1-3H3. The van der Waals surface area contributed by atoms with Gasteiger partial charge in [-0.2, -0.15) is 4.31 Å². The Morgan fingerprint density at radius 1 is 1.38 bits per heavy atom. The van der Waals surface area contributed by atoms with Gasteiger partial charge in [-0.05, 0) is 23.6 Å². The number of aliphatic hydroxyl groups is 1. The van der Waals surface area contributed by atoms with Gasteiger partial charge in [0.05, 0.1) is 18.2 Å².